The third kappa shape index (κ3) is 7.72. The fraction of sp³-hybridized carbons (Fsp3) is 0.333. The molecule has 7 nitrogen and oxygen atoms in total. The van der Waals surface area contributed by atoms with Gasteiger partial charge in [-0.05, 0) is 30.2 Å². The van der Waals surface area contributed by atoms with Crippen molar-refractivity contribution in [3.8, 4) is 11.5 Å². The molecule has 0 saturated carbocycles. The average molecular weight is 439 g/mol. The van der Waals surface area contributed by atoms with Crippen LogP contribution in [0.25, 0.3) is 0 Å². The topological polar surface area (TPSA) is 103 Å². The molecular formula is C21H24F3N3O4. The van der Waals surface area contributed by atoms with Crippen molar-refractivity contribution in [2.24, 2.45) is 5.73 Å². The van der Waals surface area contributed by atoms with Gasteiger partial charge in [0.2, 0.25) is 5.91 Å². The van der Waals surface area contributed by atoms with Gasteiger partial charge in [0.1, 0.15) is 6.04 Å². The molecule has 0 saturated heterocycles. The first-order chi connectivity index (χ1) is 14.6. The molecule has 0 bridgehead atoms. The van der Waals surface area contributed by atoms with Crippen LogP contribution in [0.1, 0.15) is 24.1 Å². The number of nitrogens with one attached hydrogen (secondary N) is 2. The zero-order valence-corrected chi connectivity index (χ0v) is 17.0. The number of hydrogen-bond donors (Lipinski definition) is 3. The fourth-order valence-corrected chi connectivity index (χ4v) is 2.86. The summed E-state index contributed by atoms with van der Waals surface area (Å²) in [6, 6.07) is 11.1. The van der Waals surface area contributed by atoms with Crippen LogP contribution in [-0.4, -0.2) is 37.9 Å². The van der Waals surface area contributed by atoms with Crippen LogP contribution in [0.3, 0.4) is 0 Å². The number of rotatable bonds is 9. The van der Waals surface area contributed by atoms with Gasteiger partial charge in [-0.2, -0.15) is 13.2 Å². The summed E-state index contributed by atoms with van der Waals surface area (Å²) in [6.45, 7) is 0.238. The van der Waals surface area contributed by atoms with Crippen molar-refractivity contribution in [3.05, 3.63) is 59.7 Å². The van der Waals surface area contributed by atoms with E-state index in [2.05, 4.69) is 10.6 Å². The predicted molar refractivity (Wildman–Crippen MR) is 108 cm³/mol. The van der Waals surface area contributed by atoms with Gasteiger partial charge in [-0.1, -0.05) is 36.4 Å². The normalized spacial score (nSPS) is 13.1. The highest BCUT2D eigenvalue weighted by Crippen LogP contribution is 2.31. The van der Waals surface area contributed by atoms with Crippen molar-refractivity contribution < 1.29 is 32.2 Å². The highest BCUT2D eigenvalue weighted by molar-refractivity contribution is 5.87. The molecular weight excluding hydrogens is 415 g/mol. The molecule has 0 heterocycles. The minimum absolute atomic E-state index is 0.0700. The van der Waals surface area contributed by atoms with Gasteiger partial charge in [-0.25, -0.2) is 4.79 Å². The van der Waals surface area contributed by atoms with E-state index in [1.54, 1.807) is 6.92 Å². The van der Waals surface area contributed by atoms with Crippen LogP contribution in [0, 0.1) is 0 Å². The minimum atomic E-state index is -4.48. The van der Waals surface area contributed by atoms with E-state index < -0.39 is 36.8 Å². The van der Waals surface area contributed by atoms with Crippen molar-refractivity contribution in [2.75, 3.05) is 13.7 Å². The lowest BCUT2D eigenvalue weighted by Crippen LogP contribution is -2.50. The van der Waals surface area contributed by atoms with E-state index in [-0.39, 0.29) is 17.9 Å². The zero-order valence-electron chi connectivity index (χ0n) is 17.0. The minimum Gasteiger partial charge on any atom is -0.493 e. The van der Waals surface area contributed by atoms with Gasteiger partial charge in [-0.3, -0.25) is 4.79 Å². The molecule has 2 atom stereocenters. The molecule has 0 aliphatic carbocycles. The summed E-state index contributed by atoms with van der Waals surface area (Å²) in [7, 11) is 1.30. The zero-order chi connectivity index (χ0) is 23.0. The van der Waals surface area contributed by atoms with Crippen LogP contribution < -0.4 is 25.8 Å². The van der Waals surface area contributed by atoms with Gasteiger partial charge >= 0.3 is 12.2 Å². The van der Waals surface area contributed by atoms with Crippen LogP contribution in [0.4, 0.5) is 18.0 Å². The molecule has 168 valence electrons. The number of amides is 3. The lowest BCUT2D eigenvalue weighted by Gasteiger charge is -2.22. The maximum Gasteiger partial charge on any atom is 0.422 e. The Morgan fingerprint density at radius 2 is 1.74 bits per heavy atom. The summed E-state index contributed by atoms with van der Waals surface area (Å²) >= 11 is 0. The molecule has 2 aromatic carbocycles. The molecule has 0 aliphatic rings. The Balaban J connectivity index is 2.11. The highest BCUT2D eigenvalue weighted by Gasteiger charge is 2.29. The number of alkyl halides is 3. The Morgan fingerprint density at radius 3 is 2.32 bits per heavy atom. The first-order valence-electron chi connectivity index (χ1n) is 9.37. The lowest BCUT2D eigenvalue weighted by molar-refractivity contribution is -0.153. The number of nitrogens with two attached hydrogens (primary N) is 1. The molecule has 3 amide bonds. The molecule has 2 rings (SSSR count). The molecule has 10 heteroatoms. The molecule has 0 fully saturated rings. The van der Waals surface area contributed by atoms with Crippen molar-refractivity contribution in [3.63, 3.8) is 0 Å². The number of carbonyl (C=O) groups excluding carboxylic acids is 2. The van der Waals surface area contributed by atoms with Crippen LogP contribution in [-0.2, 0) is 11.2 Å². The Labute approximate surface area is 177 Å². The Morgan fingerprint density at radius 1 is 1.06 bits per heavy atom. The smallest absolute Gasteiger partial charge is 0.422 e. The second kappa shape index (κ2) is 10.6. The maximum absolute atomic E-state index is 12.7. The van der Waals surface area contributed by atoms with Gasteiger partial charge in [0.15, 0.2) is 18.1 Å². The molecule has 0 aromatic heterocycles. The number of benzene rings is 2. The van der Waals surface area contributed by atoms with Crippen molar-refractivity contribution in [2.45, 2.75) is 31.6 Å². The van der Waals surface area contributed by atoms with Gasteiger partial charge in [0.25, 0.3) is 0 Å². The summed E-state index contributed by atoms with van der Waals surface area (Å²) < 4.78 is 47.1. The summed E-state index contributed by atoms with van der Waals surface area (Å²) in [6.07, 6.45) is -4.25. The van der Waals surface area contributed by atoms with Gasteiger partial charge in [0, 0.05) is 6.42 Å². The quantitative estimate of drug-likeness (QED) is 0.559. The maximum atomic E-state index is 12.7. The molecule has 0 unspecified atom stereocenters. The number of urea groups is 1. The molecule has 31 heavy (non-hydrogen) atoms. The van der Waals surface area contributed by atoms with Gasteiger partial charge < -0.3 is 25.8 Å². The number of hydrogen-bond acceptors (Lipinski definition) is 4. The monoisotopic (exact) mass is 439 g/mol. The van der Waals surface area contributed by atoms with E-state index in [1.165, 1.54) is 25.3 Å². The molecule has 2 aromatic rings. The Kier molecular flexibility index (Phi) is 8.12. The second-order valence-electron chi connectivity index (χ2n) is 6.80. The largest absolute Gasteiger partial charge is 0.493 e. The lowest BCUT2D eigenvalue weighted by atomic mass is 10.0. The first-order valence-corrected chi connectivity index (χ1v) is 9.37. The third-order valence-corrected chi connectivity index (χ3v) is 4.35. The van der Waals surface area contributed by atoms with Crippen LogP contribution in [0.5, 0.6) is 11.5 Å². The molecule has 0 spiro atoms. The van der Waals surface area contributed by atoms with Gasteiger partial charge in [0.05, 0.1) is 13.2 Å². The highest BCUT2D eigenvalue weighted by atomic mass is 19.4. The molecule has 0 aliphatic heterocycles. The second-order valence-corrected chi connectivity index (χ2v) is 6.80. The molecule has 0 radical (unpaired) electrons. The van der Waals surface area contributed by atoms with E-state index in [0.717, 1.165) is 5.56 Å². The summed E-state index contributed by atoms with van der Waals surface area (Å²) in [5.74, 6) is -0.440. The number of carbonyl (C=O) groups is 2. The molecule has 4 N–H and O–H groups in total. The summed E-state index contributed by atoms with van der Waals surface area (Å²) in [4.78, 5) is 24.1. The Hall–Kier alpha value is -3.43. The fourth-order valence-electron chi connectivity index (χ4n) is 2.86. The van der Waals surface area contributed by atoms with E-state index in [1.807, 2.05) is 30.3 Å². The standard InChI is InChI=1S/C21H24F3N3O4/c1-13(15-8-9-17(18(11-15)30-2)31-12-21(22,23)24)26-19(28)16(27-20(25)29)10-14-6-4-3-5-7-14/h3-9,11,13,16H,10,12H2,1-2H3,(H,26,28)(H3,25,27,29)/t13-,16-/m1/s1. The SMILES string of the molecule is COc1cc([C@@H](C)NC(=O)[C@@H](Cc2ccccc2)NC(N)=O)ccc1OCC(F)(F)F. The van der Waals surface area contributed by atoms with Crippen molar-refractivity contribution in [1.29, 1.82) is 0 Å². The van der Waals surface area contributed by atoms with Crippen LogP contribution in [0.15, 0.2) is 48.5 Å². The number of primary amides is 1. The number of ether oxygens (including phenoxy) is 2. The Bertz CT molecular complexity index is 891. The van der Waals surface area contributed by atoms with E-state index in [9.17, 15) is 22.8 Å². The third-order valence-electron chi connectivity index (χ3n) is 4.35. The van der Waals surface area contributed by atoms with Crippen LogP contribution >= 0.6 is 0 Å². The van der Waals surface area contributed by atoms with E-state index in [0.29, 0.717) is 5.56 Å². The van der Waals surface area contributed by atoms with Gasteiger partial charge in [-0.15, -0.1) is 0 Å². The van der Waals surface area contributed by atoms with E-state index in [4.69, 9.17) is 15.2 Å². The summed E-state index contributed by atoms with van der Waals surface area (Å²) in [5, 5.41) is 5.19. The van der Waals surface area contributed by atoms with Crippen molar-refractivity contribution in [1.82, 2.24) is 10.6 Å². The van der Waals surface area contributed by atoms with E-state index >= 15 is 0 Å². The van der Waals surface area contributed by atoms with Crippen LogP contribution in [0.2, 0.25) is 0 Å². The number of halogens is 3. The van der Waals surface area contributed by atoms with Crippen molar-refractivity contribution >= 4 is 11.9 Å². The predicted octanol–water partition coefficient (Wildman–Crippen LogP) is 3.09. The summed E-state index contributed by atoms with van der Waals surface area (Å²) in [5.41, 5.74) is 6.60. The number of methoxy groups -OCH3 is 1. The average Bonchev–Trinajstić information content (AvgIpc) is 2.71. The first kappa shape index (κ1) is 23.8.